The van der Waals surface area contributed by atoms with Gasteiger partial charge in [0.15, 0.2) is 0 Å². The van der Waals surface area contributed by atoms with Crippen molar-refractivity contribution in [2.24, 2.45) is 0 Å². The molecule has 0 aliphatic carbocycles. The number of sulfonamides is 1. The number of rotatable bonds is 6. The highest BCUT2D eigenvalue weighted by atomic mass is 79.9. The van der Waals surface area contributed by atoms with Crippen molar-refractivity contribution in [3.8, 4) is 0 Å². The number of nitrogens with zero attached hydrogens (tertiary/aromatic N) is 1. The summed E-state index contributed by atoms with van der Waals surface area (Å²) in [6.45, 7) is 4.19. The Kier molecular flexibility index (Phi) is 6.62. The Hall–Kier alpha value is -1.41. The summed E-state index contributed by atoms with van der Waals surface area (Å²) in [5.41, 5.74) is 0.817. The van der Waals surface area contributed by atoms with E-state index in [0.29, 0.717) is 24.3 Å². The fourth-order valence-electron chi connectivity index (χ4n) is 2.31. The highest BCUT2D eigenvalue weighted by Crippen LogP contribution is 2.28. The van der Waals surface area contributed by atoms with E-state index in [2.05, 4.69) is 21.2 Å². The van der Waals surface area contributed by atoms with Crippen molar-refractivity contribution in [2.75, 3.05) is 18.4 Å². The van der Waals surface area contributed by atoms with Crippen molar-refractivity contribution < 1.29 is 13.2 Å². The second kappa shape index (κ2) is 8.31. The normalized spacial score (nSPS) is 11.6. The summed E-state index contributed by atoms with van der Waals surface area (Å²) < 4.78 is 27.5. The van der Waals surface area contributed by atoms with Crippen molar-refractivity contribution in [1.29, 1.82) is 0 Å². The van der Waals surface area contributed by atoms with Gasteiger partial charge in [0.2, 0.25) is 10.0 Å². The molecule has 1 amide bonds. The molecule has 0 atom stereocenters. The first kappa shape index (κ1) is 19.9. The minimum absolute atomic E-state index is 0.0232. The molecule has 0 radical (unpaired) electrons. The fourth-order valence-corrected chi connectivity index (χ4v) is 4.67. The lowest BCUT2D eigenvalue weighted by molar-refractivity contribution is 0.102. The Balaban J connectivity index is 2.34. The summed E-state index contributed by atoms with van der Waals surface area (Å²) in [5, 5.41) is 2.82. The van der Waals surface area contributed by atoms with Crippen LogP contribution in [0, 0.1) is 0 Å². The number of benzene rings is 2. The quantitative estimate of drug-likeness (QED) is 0.717. The topological polar surface area (TPSA) is 66.5 Å². The Morgan fingerprint density at radius 1 is 1.16 bits per heavy atom. The molecule has 5 nitrogen and oxygen atoms in total. The van der Waals surface area contributed by atoms with E-state index in [0.717, 1.165) is 4.47 Å². The monoisotopic (exact) mass is 444 g/mol. The number of carbonyl (C=O) groups excluding carboxylic acids is 1. The number of hydrogen-bond donors (Lipinski definition) is 1. The third-order valence-corrected chi connectivity index (χ3v) is 6.62. The second-order valence-electron chi connectivity index (χ2n) is 5.20. The van der Waals surface area contributed by atoms with Gasteiger partial charge in [-0.25, -0.2) is 8.42 Å². The Morgan fingerprint density at radius 3 is 2.44 bits per heavy atom. The van der Waals surface area contributed by atoms with Crippen LogP contribution in [-0.4, -0.2) is 31.7 Å². The maximum atomic E-state index is 12.7. The molecule has 0 unspecified atom stereocenters. The van der Waals surface area contributed by atoms with Gasteiger partial charge in [0.05, 0.1) is 5.02 Å². The largest absolute Gasteiger partial charge is 0.322 e. The molecule has 0 aliphatic heterocycles. The first-order chi connectivity index (χ1) is 11.8. The van der Waals surface area contributed by atoms with E-state index in [1.54, 1.807) is 38.1 Å². The Bertz CT molecular complexity index is 883. The van der Waals surface area contributed by atoms with Crippen molar-refractivity contribution >= 4 is 49.1 Å². The van der Waals surface area contributed by atoms with E-state index < -0.39 is 10.0 Å². The molecule has 134 valence electrons. The van der Waals surface area contributed by atoms with Gasteiger partial charge in [-0.15, -0.1) is 0 Å². The van der Waals surface area contributed by atoms with Crippen molar-refractivity contribution in [3.05, 3.63) is 57.5 Å². The first-order valence-electron chi connectivity index (χ1n) is 7.66. The lowest BCUT2D eigenvalue weighted by Crippen LogP contribution is -2.30. The molecule has 0 bridgehead atoms. The van der Waals surface area contributed by atoms with Crippen molar-refractivity contribution in [1.82, 2.24) is 4.31 Å². The highest BCUT2D eigenvalue weighted by Gasteiger charge is 2.25. The highest BCUT2D eigenvalue weighted by molar-refractivity contribution is 9.10. The zero-order chi connectivity index (χ0) is 18.6. The van der Waals surface area contributed by atoms with Crippen LogP contribution in [-0.2, 0) is 10.0 Å². The zero-order valence-corrected chi connectivity index (χ0v) is 17.0. The number of carbonyl (C=O) groups is 1. The lowest BCUT2D eigenvalue weighted by Gasteiger charge is -2.19. The first-order valence-corrected chi connectivity index (χ1v) is 10.3. The van der Waals surface area contributed by atoms with Gasteiger partial charge in [-0.1, -0.05) is 47.4 Å². The van der Waals surface area contributed by atoms with Crippen LogP contribution in [0.4, 0.5) is 5.69 Å². The summed E-state index contributed by atoms with van der Waals surface area (Å²) >= 11 is 9.40. The summed E-state index contributed by atoms with van der Waals surface area (Å²) in [7, 11) is -3.72. The predicted molar refractivity (Wildman–Crippen MR) is 104 cm³/mol. The third kappa shape index (κ3) is 4.61. The third-order valence-electron chi connectivity index (χ3n) is 3.60. The molecule has 0 aliphatic rings. The lowest BCUT2D eigenvalue weighted by atomic mass is 10.2. The molecule has 2 aromatic carbocycles. The van der Waals surface area contributed by atoms with Crippen LogP contribution in [0.2, 0.25) is 5.02 Å². The van der Waals surface area contributed by atoms with Gasteiger partial charge in [0, 0.05) is 28.8 Å². The molecule has 0 spiro atoms. The van der Waals surface area contributed by atoms with Crippen LogP contribution in [0.25, 0.3) is 0 Å². The maximum absolute atomic E-state index is 12.7. The minimum Gasteiger partial charge on any atom is -0.322 e. The van der Waals surface area contributed by atoms with E-state index in [1.165, 1.54) is 16.4 Å². The van der Waals surface area contributed by atoms with Crippen LogP contribution in [0.15, 0.2) is 51.8 Å². The maximum Gasteiger partial charge on any atom is 0.255 e. The SMILES string of the molecule is CCN(CC)S(=O)(=O)c1cc(NC(=O)c2cccc(Br)c2)ccc1Cl. The number of anilines is 1. The van der Waals surface area contributed by atoms with Gasteiger partial charge >= 0.3 is 0 Å². The van der Waals surface area contributed by atoms with Crippen molar-refractivity contribution in [3.63, 3.8) is 0 Å². The van der Waals surface area contributed by atoms with Gasteiger partial charge in [0.25, 0.3) is 5.91 Å². The van der Waals surface area contributed by atoms with Gasteiger partial charge in [0.1, 0.15) is 4.90 Å². The summed E-state index contributed by atoms with van der Waals surface area (Å²) in [5.74, 6) is -0.338. The van der Waals surface area contributed by atoms with Crippen LogP contribution in [0.3, 0.4) is 0 Å². The molecule has 25 heavy (non-hydrogen) atoms. The molecule has 1 N–H and O–H groups in total. The molecule has 8 heteroatoms. The summed E-state index contributed by atoms with van der Waals surface area (Å²) in [6, 6.07) is 11.3. The van der Waals surface area contributed by atoms with E-state index in [9.17, 15) is 13.2 Å². The second-order valence-corrected chi connectivity index (χ2v) is 8.43. The minimum atomic E-state index is -3.72. The molecule has 0 fully saturated rings. The molecule has 0 saturated heterocycles. The van der Waals surface area contributed by atoms with Crippen LogP contribution in [0.5, 0.6) is 0 Å². The number of amides is 1. The van der Waals surface area contributed by atoms with Gasteiger partial charge in [-0.2, -0.15) is 4.31 Å². The van der Waals surface area contributed by atoms with Gasteiger partial charge < -0.3 is 5.32 Å². The molecular weight excluding hydrogens is 428 g/mol. The molecule has 0 heterocycles. The zero-order valence-electron chi connectivity index (χ0n) is 13.8. The van der Waals surface area contributed by atoms with Gasteiger partial charge in [-0.05, 0) is 36.4 Å². The van der Waals surface area contributed by atoms with Gasteiger partial charge in [-0.3, -0.25) is 4.79 Å². The van der Waals surface area contributed by atoms with Crippen LogP contribution in [0.1, 0.15) is 24.2 Å². The average molecular weight is 446 g/mol. The van der Waals surface area contributed by atoms with Crippen molar-refractivity contribution in [2.45, 2.75) is 18.7 Å². The van der Waals surface area contributed by atoms with Crippen LogP contribution < -0.4 is 5.32 Å². The van der Waals surface area contributed by atoms with E-state index in [-0.39, 0.29) is 15.8 Å². The van der Waals surface area contributed by atoms with E-state index >= 15 is 0 Å². The average Bonchev–Trinajstić information content (AvgIpc) is 2.57. The summed E-state index contributed by atoms with van der Waals surface area (Å²) in [4.78, 5) is 12.3. The molecule has 2 rings (SSSR count). The smallest absolute Gasteiger partial charge is 0.255 e. The molecule has 0 saturated carbocycles. The summed E-state index contributed by atoms with van der Waals surface area (Å²) in [6.07, 6.45) is 0. The number of halogens is 2. The Labute approximate surface area is 161 Å². The number of hydrogen-bond acceptors (Lipinski definition) is 3. The standard InChI is InChI=1S/C17H18BrClN2O3S/c1-3-21(4-2)25(23,24)16-11-14(8-9-15(16)19)20-17(22)12-6-5-7-13(18)10-12/h5-11H,3-4H2,1-2H3,(H,20,22). The fraction of sp³-hybridized carbons (Fsp3) is 0.235. The molecular formula is C17H18BrClN2O3S. The Morgan fingerprint density at radius 2 is 1.84 bits per heavy atom. The predicted octanol–water partition coefficient (Wildman–Crippen LogP) is 4.39. The van der Waals surface area contributed by atoms with E-state index in [4.69, 9.17) is 11.6 Å². The molecule has 2 aromatic rings. The molecule has 0 aromatic heterocycles. The number of nitrogens with one attached hydrogen (secondary N) is 1. The van der Waals surface area contributed by atoms with E-state index in [1.807, 2.05) is 6.07 Å². The van der Waals surface area contributed by atoms with Crippen LogP contribution >= 0.6 is 27.5 Å².